The van der Waals surface area contributed by atoms with Crippen LogP contribution in [0, 0.1) is 24.2 Å². The fourth-order valence-electron chi connectivity index (χ4n) is 3.94. The van der Waals surface area contributed by atoms with E-state index in [1.807, 2.05) is 4.90 Å². The van der Waals surface area contributed by atoms with Gasteiger partial charge in [0.2, 0.25) is 0 Å². The molecule has 10 heteroatoms. The number of nitrogens with one attached hydrogen (secondary N) is 1. The third kappa shape index (κ3) is 7.35. The van der Waals surface area contributed by atoms with Crippen molar-refractivity contribution in [2.24, 2.45) is 20.7 Å². The van der Waals surface area contributed by atoms with E-state index in [9.17, 15) is 9.59 Å². The first-order valence-corrected chi connectivity index (χ1v) is 12.7. The molecule has 1 aromatic carbocycles. The van der Waals surface area contributed by atoms with Crippen molar-refractivity contribution in [2.45, 2.75) is 31.8 Å². The van der Waals surface area contributed by atoms with Crippen LogP contribution in [0.1, 0.15) is 41.7 Å². The Labute approximate surface area is 221 Å². The van der Waals surface area contributed by atoms with Crippen LogP contribution in [-0.2, 0) is 4.79 Å². The SMILES string of the molecule is C#CC(N=C(C1CCCN1C(=O)C#CC)N1C=CN=C(N)C1)c1ccc(C(=O)NCS/C=C\N=C)cc1. The molecule has 1 saturated heterocycles. The van der Waals surface area contributed by atoms with Gasteiger partial charge < -0.3 is 20.9 Å². The zero-order valence-corrected chi connectivity index (χ0v) is 21.4. The van der Waals surface area contributed by atoms with Gasteiger partial charge in [0.1, 0.15) is 17.7 Å². The quantitative estimate of drug-likeness (QED) is 0.181. The van der Waals surface area contributed by atoms with Crippen LogP contribution in [0.4, 0.5) is 0 Å². The molecule has 1 fully saturated rings. The minimum atomic E-state index is -0.637. The number of thioether (sulfide) groups is 1. The summed E-state index contributed by atoms with van der Waals surface area (Å²) in [5, 5.41) is 4.56. The lowest BCUT2D eigenvalue weighted by Crippen LogP contribution is -2.48. The van der Waals surface area contributed by atoms with Crippen molar-refractivity contribution in [1.82, 2.24) is 15.1 Å². The van der Waals surface area contributed by atoms with Crippen LogP contribution in [0.3, 0.4) is 0 Å². The van der Waals surface area contributed by atoms with Crippen molar-refractivity contribution in [3.05, 3.63) is 59.4 Å². The van der Waals surface area contributed by atoms with Gasteiger partial charge in [0.25, 0.3) is 11.8 Å². The van der Waals surface area contributed by atoms with Gasteiger partial charge in [0.15, 0.2) is 0 Å². The van der Waals surface area contributed by atoms with Gasteiger partial charge in [-0.3, -0.25) is 14.6 Å². The first-order chi connectivity index (χ1) is 18.0. The van der Waals surface area contributed by atoms with Gasteiger partial charge in [-0.2, -0.15) is 0 Å². The number of amides is 2. The molecule has 1 aromatic rings. The largest absolute Gasteiger partial charge is 0.386 e. The Morgan fingerprint density at radius 3 is 2.86 bits per heavy atom. The lowest BCUT2D eigenvalue weighted by molar-refractivity contribution is -0.124. The summed E-state index contributed by atoms with van der Waals surface area (Å²) in [4.78, 5) is 41.4. The third-order valence-corrected chi connectivity index (χ3v) is 6.27. The number of nitrogens with zero attached hydrogens (tertiary/aromatic N) is 5. The van der Waals surface area contributed by atoms with Gasteiger partial charge in [0, 0.05) is 30.7 Å². The predicted molar refractivity (Wildman–Crippen MR) is 150 cm³/mol. The van der Waals surface area contributed by atoms with E-state index in [0.717, 1.165) is 18.4 Å². The lowest BCUT2D eigenvalue weighted by atomic mass is 10.0. The molecule has 0 bridgehead atoms. The molecule has 0 spiro atoms. The standard InChI is InChI=1S/C27H29N7O2S/c1-4-7-25(35)34-15-6-8-23(34)26(33-16-13-30-24(28)18-33)32-22(5-2)20-9-11-21(12-10-20)27(36)31-19-37-17-14-29-3/h2,9-14,16-17,22-23H,3,6,8,15,18-19H2,1H3,(H2,28,30)(H,31,36)/b17-14-,32-26?. The van der Waals surface area contributed by atoms with E-state index in [2.05, 4.69) is 39.8 Å². The Morgan fingerprint density at radius 2 is 2.19 bits per heavy atom. The third-order valence-electron chi connectivity index (χ3n) is 5.64. The highest BCUT2D eigenvalue weighted by molar-refractivity contribution is 8.02. The molecule has 190 valence electrons. The van der Waals surface area contributed by atoms with Crippen molar-refractivity contribution in [2.75, 3.05) is 19.0 Å². The van der Waals surface area contributed by atoms with Crippen molar-refractivity contribution >= 4 is 42.0 Å². The van der Waals surface area contributed by atoms with Gasteiger partial charge in [0.05, 0.1) is 18.5 Å². The Morgan fingerprint density at radius 1 is 1.41 bits per heavy atom. The monoisotopic (exact) mass is 515 g/mol. The van der Waals surface area contributed by atoms with Gasteiger partial charge in [-0.1, -0.05) is 24.0 Å². The van der Waals surface area contributed by atoms with Crippen LogP contribution in [0.5, 0.6) is 0 Å². The number of hydrogen-bond donors (Lipinski definition) is 2. The molecule has 3 N–H and O–H groups in total. The second kappa shape index (κ2) is 13.7. The summed E-state index contributed by atoms with van der Waals surface area (Å²) in [7, 11) is 0. The highest BCUT2D eigenvalue weighted by Crippen LogP contribution is 2.25. The fourth-order valence-corrected chi connectivity index (χ4v) is 4.43. The molecule has 3 rings (SSSR count). The highest BCUT2D eigenvalue weighted by atomic mass is 32.2. The number of rotatable bonds is 8. The van der Waals surface area contributed by atoms with Crippen LogP contribution in [0.25, 0.3) is 0 Å². The molecule has 37 heavy (non-hydrogen) atoms. The molecule has 2 aliphatic rings. The first kappa shape index (κ1) is 27.3. The van der Waals surface area contributed by atoms with E-state index in [4.69, 9.17) is 17.1 Å². The van der Waals surface area contributed by atoms with Gasteiger partial charge in [-0.15, -0.1) is 18.2 Å². The molecule has 0 saturated carbocycles. The number of hydrogen-bond acceptors (Lipinski definition) is 7. The number of carbonyl (C=O) groups excluding carboxylic acids is 2. The van der Waals surface area contributed by atoms with Crippen LogP contribution >= 0.6 is 11.8 Å². The van der Waals surface area contributed by atoms with Crippen LogP contribution in [0.2, 0.25) is 0 Å². The smallest absolute Gasteiger partial charge is 0.299 e. The van der Waals surface area contributed by atoms with E-state index in [1.54, 1.807) is 60.1 Å². The maximum Gasteiger partial charge on any atom is 0.299 e. The average molecular weight is 516 g/mol. The molecule has 0 aliphatic carbocycles. The van der Waals surface area contributed by atoms with E-state index >= 15 is 0 Å². The van der Waals surface area contributed by atoms with Crippen LogP contribution < -0.4 is 11.1 Å². The number of terminal acetylenes is 1. The Balaban J connectivity index is 1.85. The normalized spacial score (nSPS) is 18.0. The molecule has 2 amide bonds. The molecule has 2 aliphatic heterocycles. The molecular formula is C27H29N7O2S. The summed E-state index contributed by atoms with van der Waals surface area (Å²) in [6.45, 7) is 5.91. The van der Waals surface area contributed by atoms with Crippen molar-refractivity contribution in [3.63, 3.8) is 0 Å². The van der Waals surface area contributed by atoms with Gasteiger partial charge in [-0.05, 0) is 55.5 Å². The molecule has 2 atom stereocenters. The Kier molecular flexibility index (Phi) is 10.1. The lowest BCUT2D eigenvalue weighted by Gasteiger charge is -2.32. The molecule has 2 unspecified atom stereocenters. The molecule has 2 heterocycles. The van der Waals surface area contributed by atoms with E-state index in [1.165, 1.54) is 11.8 Å². The summed E-state index contributed by atoms with van der Waals surface area (Å²) in [6.07, 6.45) is 12.4. The zero-order valence-electron chi connectivity index (χ0n) is 20.6. The summed E-state index contributed by atoms with van der Waals surface area (Å²) in [5.41, 5.74) is 7.24. The summed E-state index contributed by atoms with van der Waals surface area (Å²) in [6, 6.07) is 6.07. The van der Waals surface area contributed by atoms with Crippen LogP contribution in [0.15, 0.2) is 63.3 Å². The molecule has 0 aromatic heterocycles. The van der Waals surface area contributed by atoms with E-state index < -0.39 is 6.04 Å². The van der Waals surface area contributed by atoms with Gasteiger partial charge >= 0.3 is 0 Å². The number of aliphatic imine (C=N–C) groups is 3. The maximum absolute atomic E-state index is 12.7. The van der Waals surface area contributed by atoms with Gasteiger partial charge in [-0.25, -0.2) is 9.98 Å². The second-order valence-electron chi connectivity index (χ2n) is 8.04. The fraction of sp³-hybridized carbons (Fsp3) is 0.296. The predicted octanol–water partition coefficient (Wildman–Crippen LogP) is 2.51. The molecule has 9 nitrogen and oxygen atoms in total. The summed E-state index contributed by atoms with van der Waals surface area (Å²) < 4.78 is 0. The average Bonchev–Trinajstić information content (AvgIpc) is 3.39. The van der Waals surface area contributed by atoms with Crippen LogP contribution in [-0.4, -0.2) is 65.0 Å². The van der Waals surface area contributed by atoms with Crippen molar-refractivity contribution < 1.29 is 9.59 Å². The number of likely N-dealkylation sites (tertiary alicyclic amines) is 1. The zero-order chi connectivity index (χ0) is 26.6. The summed E-state index contributed by atoms with van der Waals surface area (Å²) in [5.74, 6) is 9.06. The number of amidine groups is 2. The maximum atomic E-state index is 12.7. The Hall–Kier alpha value is -4.28. The topological polar surface area (TPSA) is 116 Å². The minimum Gasteiger partial charge on any atom is -0.386 e. The van der Waals surface area contributed by atoms with Crippen molar-refractivity contribution in [1.29, 1.82) is 0 Å². The molecule has 0 radical (unpaired) electrons. The van der Waals surface area contributed by atoms with E-state index in [-0.39, 0.29) is 17.9 Å². The second-order valence-corrected chi connectivity index (χ2v) is 8.94. The number of carbonyl (C=O) groups is 2. The number of nitrogens with two attached hydrogens (primary N) is 1. The Bertz CT molecular complexity index is 1230. The minimum absolute atomic E-state index is 0.203. The van der Waals surface area contributed by atoms with Crippen molar-refractivity contribution in [3.8, 4) is 24.2 Å². The summed E-state index contributed by atoms with van der Waals surface area (Å²) >= 11 is 1.40. The molecular weight excluding hydrogens is 486 g/mol. The highest BCUT2D eigenvalue weighted by Gasteiger charge is 2.35. The van der Waals surface area contributed by atoms with E-state index in [0.29, 0.717) is 36.2 Å². The first-order valence-electron chi connectivity index (χ1n) is 11.6. The number of benzene rings is 1.